The highest BCUT2D eigenvalue weighted by molar-refractivity contribution is 7.15. The first kappa shape index (κ1) is 15.1. The molecule has 0 aliphatic carbocycles. The van der Waals surface area contributed by atoms with E-state index in [0.29, 0.717) is 5.13 Å². The average Bonchev–Trinajstić information content (AvgIpc) is 2.86. The Kier molecular flexibility index (Phi) is 4.16. The van der Waals surface area contributed by atoms with E-state index in [-0.39, 0.29) is 0 Å². The maximum atomic E-state index is 5.79. The van der Waals surface area contributed by atoms with Gasteiger partial charge in [-0.25, -0.2) is 4.98 Å². The van der Waals surface area contributed by atoms with Crippen molar-refractivity contribution in [2.24, 2.45) is 0 Å². The second-order valence-electron chi connectivity index (χ2n) is 5.92. The van der Waals surface area contributed by atoms with Crippen LogP contribution in [-0.2, 0) is 12.8 Å². The number of anilines is 1. The summed E-state index contributed by atoms with van der Waals surface area (Å²) in [6.07, 6.45) is 3.83. The van der Waals surface area contributed by atoms with Crippen molar-refractivity contribution in [2.75, 3.05) is 25.4 Å². The summed E-state index contributed by atoms with van der Waals surface area (Å²) in [6, 6.07) is 10.2. The third kappa shape index (κ3) is 3.25. The van der Waals surface area contributed by atoms with E-state index < -0.39 is 0 Å². The molecule has 1 aliphatic rings. The molecule has 4 rings (SSSR count). The van der Waals surface area contributed by atoms with Crippen molar-refractivity contribution in [2.45, 2.75) is 12.8 Å². The number of hydrogen-bond donors (Lipinski definition) is 1. The highest BCUT2D eigenvalue weighted by atomic mass is 32.1. The molecule has 0 saturated heterocycles. The summed E-state index contributed by atoms with van der Waals surface area (Å²) in [5.74, 6) is 6.53. The molecule has 0 amide bonds. The van der Waals surface area contributed by atoms with Crippen molar-refractivity contribution < 1.29 is 0 Å². The van der Waals surface area contributed by atoms with E-state index in [9.17, 15) is 0 Å². The van der Waals surface area contributed by atoms with Gasteiger partial charge in [0, 0.05) is 41.5 Å². The van der Waals surface area contributed by atoms with Crippen LogP contribution in [0, 0.1) is 11.8 Å². The van der Waals surface area contributed by atoms with Crippen LogP contribution in [0.3, 0.4) is 0 Å². The van der Waals surface area contributed by atoms with Crippen molar-refractivity contribution in [3.05, 3.63) is 52.7 Å². The predicted molar refractivity (Wildman–Crippen MR) is 99.0 cm³/mol. The van der Waals surface area contributed by atoms with Gasteiger partial charge in [0.15, 0.2) is 5.13 Å². The van der Waals surface area contributed by atoms with Gasteiger partial charge < -0.3 is 5.73 Å². The number of pyridine rings is 1. The van der Waals surface area contributed by atoms with Gasteiger partial charge >= 0.3 is 0 Å². The Morgan fingerprint density at radius 1 is 1.21 bits per heavy atom. The molecule has 2 aromatic heterocycles. The molecule has 0 saturated carbocycles. The molecule has 4 nitrogen and oxygen atoms in total. The third-order valence-corrected chi connectivity index (χ3v) is 5.23. The van der Waals surface area contributed by atoms with Crippen molar-refractivity contribution in [1.29, 1.82) is 0 Å². The van der Waals surface area contributed by atoms with E-state index in [1.54, 1.807) is 11.3 Å². The zero-order valence-electron chi connectivity index (χ0n) is 13.3. The number of rotatable bonds is 1. The van der Waals surface area contributed by atoms with Gasteiger partial charge in [0.1, 0.15) is 0 Å². The summed E-state index contributed by atoms with van der Waals surface area (Å²) in [6.45, 7) is 2.78. The first-order valence-corrected chi connectivity index (χ1v) is 8.90. The molecule has 1 aliphatic heterocycles. The number of aromatic nitrogens is 2. The molecule has 24 heavy (non-hydrogen) atoms. The van der Waals surface area contributed by atoms with Crippen LogP contribution in [0.25, 0.3) is 10.9 Å². The van der Waals surface area contributed by atoms with Gasteiger partial charge in [0.05, 0.1) is 17.8 Å². The van der Waals surface area contributed by atoms with Gasteiger partial charge in [-0.3, -0.25) is 9.88 Å². The fourth-order valence-corrected chi connectivity index (χ4v) is 3.85. The number of fused-ring (bicyclic) bond motifs is 2. The molecule has 0 bridgehead atoms. The van der Waals surface area contributed by atoms with Gasteiger partial charge in [0.2, 0.25) is 0 Å². The fraction of sp³-hybridized carbons (Fsp3) is 0.263. The summed E-state index contributed by atoms with van der Waals surface area (Å²) in [5, 5.41) is 1.82. The zero-order chi connectivity index (χ0) is 16.4. The molecular formula is C19H18N4S. The van der Waals surface area contributed by atoms with E-state index in [2.05, 4.69) is 38.8 Å². The summed E-state index contributed by atoms with van der Waals surface area (Å²) in [4.78, 5) is 12.6. The number of benzene rings is 1. The smallest absolute Gasteiger partial charge is 0.180 e. The first-order valence-electron chi connectivity index (χ1n) is 8.08. The third-order valence-electron chi connectivity index (χ3n) is 4.24. The first-order chi connectivity index (χ1) is 11.8. The van der Waals surface area contributed by atoms with E-state index in [4.69, 9.17) is 5.73 Å². The number of nitrogen functional groups attached to an aromatic ring is 1. The summed E-state index contributed by atoms with van der Waals surface area (Å²) < 4.78 is 0. The van der Waals surface area contributed by atoms with Crippen LogP contribution in [0.2, 0.25) is 0 Å². The maximum absolute atomic E-state index is 5.79. The van der Waals surface area contributed by atoms with Gasteiger partial charge in [0.25, 0.3) is 0 Å². The van der Waals surface area contributed by atoms with E-state index in [0.717, 1.165) is 48.9 Å². The highest BCUT2D eigenvalue weighted by Crippen LogP contribution is 2.24. The Hall–Kier alpha value is -2.42. The standard InChI is InChI=1S/C19H18N4S/c20-19-22-17-7-10-23(11-8-18(17)24-19)9-3-4-14-12-15-5-1-2-6-16(15)21-13-14/h1-2,5-6,12-13H,7-11H2,(H2,20,22). The highest BCUT2D eigenvalue weighted by Gasteiger charge is 2.16. The summed E-state index contributed by atoms with van der Waals surface area (Å²) >= 11 is 1.62. The quantitative estimate of drug-likeness (QED) is 0.695. The molecule has 5 heteroatoms. The lowest BCUT2D eigenvalue weighted by molar-refractivity contribution is 0.323. The molecule has 0 unspecified atom stereocenters. The van der Waals surface area contributed by atoms with Crippen LogP contribution in [0.5, 0.6) is 0 Å². The second-order valence-corrected chi connectivity index (χ2v) is 7.03. The van der Waals surface area contributed by atoms with Gasteiger partial charge in [-0.2, -0.15) is 0 Å². The second kappa shape index (κ2) is 6.60. The number of nitrogens with zero attached hydrogens (tertiary/aromatic N) is 3. The number of para-hydroxylation sites is 1. The molecule has 0 spiro atoms. The van der Waals surface area contributed by atoms with Crippen molar-refractivity contribution in [3.63, 3.8) is 0 Å². The molecule has 2 N–H and O–H groups in total. The zero-order valence-corrected chi connectivity index (χ0v) is 14.1. The van der Waals surface area contributed by atoms with Crippen molar-refractivity contribution >= 4 is 27.4 Å². The lowest BCUT2D eigenvalue weighted by Crippen LogP contribution is -2.26. The SMILES string of the molecule is Nc1nc2c(s1)CCN(CC#Cc1cnc3ccccc3c1)CC2. The Balaban J connectivity index is 1.41. The minimum Gasteiger partial charge on any atom is -0.375 e. The average molecular weight is 334 g/mol. The van der Waals surface area contributed by atoms with Gasteiger partial charge in [-0.1, -0.05) is 30.0 Å². The van der Waals surface area contributed by atoms with E-state index in [1.807, 2.05) is 24.4 Å². The molecule has 1 aromatic carbocycles. The molecule has 0 fully saturated rings. The molecule has 0 atom stereocenters. The lowest BCUT2D eigenvalue weighted by Gasteiger charge is -2.15. The van der Waals surface area contributed by atoms with Crippen LogP contribution < -0.4 is 5.73 Å². The Labute approximate surface area is 145 Å². The number of nitrogens with two attached hydrogens (primary N) is 1. The predicted octanol–water partition coefficient (Wildman–Crippen LogP) is 2.73. The van der Waals surface area contributed by atoms with E-state index >= 15 is 0 Å². The maximum Gasteiger partial charge on any atom is 0.180 e. The Bertz CT molecular complexity index is 910. The topological polar surface area (TPSA) is 55.0 Å². The normalized spacial score (nSPS) is 14.7. The van der Waals surface area contributed by atoms with Crippen molar-refractivity contribution in [1.82, 2.24) is 14.9 Å². The van der Waals surface area contributed by atoms with Crippen LogP contribution in [0.1, 0.15) is 16.1 Å². The number of hydrogen-bond acceptors (Lipinski definition) is 5. The van der Waals surface area contributed by atoms with Crippen LogP contribution in [0.15, 0.2) is 36.5 Å². The Morgan fingerprint density at radius 3 is 3.04 bits per heavy atom. The monoisotopic (exact) mass is 334 g/mol. The fourth-order valence-electron chi connectivity index (χ4n) is 2.98. The number of thiazole rings is 1. The van der Waals surface area contributed by atoms with E-state index in [1.165, 1.54) is 10.6 Å². The van der Waals surface area contributed by atoms with Crippen molar-refractivity contribution in [3.8, 4) is 11.8 Å². The van der Waals surface area contributed by atoms with Crippen LogP contribution in [-0.4, -0.2) is 34.5 Å². The molecule has 3 aromatic rings. The lowest BCUT2D eigenvalue weighted by atomic mass is 10.1. The van der Waals surface area contributed by atoms with Gasteiger partial charge in [-0.15, -0.1) is 11.3 Å². The summed E-state index contributed by atoms with van der Waals surface area (Å²) in [5.41, 5.74) is 8.94. The van der Waals surface area contributed by atoms with Crippen LogP contribution >= 0.6 is 11.3 Å². The largest absolute Gasteiger partial charge is 0.375 e. The molecule has 3 heterocycles. The summed E-state index contributed by atoms with van der Waals surface area (Å²) in [7, 11) is 0. The van der Waals surface area contributed by atoms with Gasteiger partial charge in [-0.05, 0) is 18.6 Å². The minimum atomic E-state index is 0.692. The minimum absolute atomic E-state index is 0.692. The molecule has 0 radical (unpaired) electrons. The molecule has 120 valence electrons. The van der Waals surface area contributed by atoms with Crippen LogP contribution in [0.4, 0.5) is 5.13 Å². The Morgan fingerprint density at radius 2 is 2.08 bits per heavy atom. The molecular weight excluding hydrogens is 316 g/mol.